The summed E-state index contributed by atoms with van der Waals surface area (Å²) in [6.45, 7) is 9.91. The van der Waals surface area contributed by atoms with E-state index in [1.807, 2.05) is 89.2 Å². The third-order valence-corrected chi connectivity index (χ3v) is 3.65. The lowest BCUT2D eigenvalue weighted by Crippen LogP contribution is -2.26. The van der Waals surface area contributed by atoms with E-state index in [-0.39, 0.29) is 20.2 Å². The van der Waals surface area contributed by atoms with Gasteiger partial charge in [0.15, 0.2) is 5.78 Å². The van der Waals surface area contributed by atoms with E-state index in [2.05, 4.69) is 11.4 Å². The number of hydrogen-bond donors (Lipinski definition) is 1. The largest absolute Gasteiger partial charge is 0.375 e. The van der Waals surface area contributed by atoms with E-state index >= 15 is 0 Å². The molecule has 1 atom stereocenters. The second-order valence-corrected chi connectivity index (χ2v) is 5.08. The highest BCUT2D eigenvalue weighted by Gasteiger charge is 2.23. The summed E-state index contributed by atoms with van der Waals surface area (Å²) in [7, 11) is 0. The van der Waals surface area contributed by atoms with Crippen LogP contribution in [0.4, 0.5) is 5.69 Å². The average Bonchev–Trinajstić information content (AvgIpc) is 3.09. The van der Waals surface area contributed by atoms with E-state index in [9.17, 15) is 4.79 Å². The Morgan fingerprint density at radius 3 is 2.12 bits per heavy atom. The number of nitrogens with one attached hydrogen (secondary N) is 1. The van der Waals surface area contributed by atoms with Crippen molar-refractivity contribution in [2.24, 2.45) is 0 Å². The van der Waals surface area contributed by atoms with Crippen LogP contribution < -0.4 is 5.32 Å². The number of anilines is 1. The van der Waals surface area contributed by atoms with Crippen molar-refractivity contribution in [1.82, 2.24) is 0 Å². The molecule has 25 heavy (non-hydrogen) atoms. The molecule has 1 aliphatic carbocycles. The van der Waals surface area contributed by atoms with Crippen LogP contribution in [0.3, 0.4) is 0 Å². The Hall–Kier alpha value is -2.29. The second kappa shape index (κ2) is 12.1. The van der Waals surface area contributed by atoms with E-state index < -0.39 is 0 Å². The van der Waals surface area contributed by atoms with Gasteiger partial charge in [-0.1, -0.05) is 76.2 Å². The zero-order chi connectivity index (χ0) is 17.9. The molecule has 0 saturated carbocycles. The minimum atomic E-state index is -0.227. The Morgan fingerprint density at radius 2 is 1.48 bits per heavy atom. The van der Waals surface area contributed by atoms with Gasteiger partial charge in [0.25, 0.3) is 0 Å². The number of benzene rings is 2. The number of carbonyl (C=O) groups is 1. The summed E-state index contributed by atoms with van der Waals surface area (Å²) in [5, 5.41) is 3.26. The second-order valence-electron chi connectivity index (χ2n) is 5.08. The molecule has 2 aromatic carbocycles. The SMILES string of the molecule is CC.CC.CC(Nc1ccccc1)C(=O)C1=CCc2ccccc21.[B]. The molecule has 2 nitrogen and oxygen atoms in total. The average molecular weight is 334 g/mol. The number of ketones is 1. The molecule has 0 spiro atoms. The number of rotatable bonds is 4. The lowest BCUT2D eigenvalue weighted by molar-refractivity contribution is -0.114. The molecule has 131 valence electrons. The fourth-order valence-electron chi connectivity index (χ4n) is 2.60. The summed E-state index contributed by atoms with van der Waals surface area (Å²) < 4.78 is 0. The standard InChI is InChI=1S/C18H17NO.2C2H6.B/c1-13(19-15-8-3-2-4-9-15)18(20)17-12-11-14-7-5-6-10-16(14)17;2*1-2;/h2-10,12-13,19H,11H2,1H3;2*1-2H3;. The van der Waals surface area contributed by atoms with Crippen molar-refractivity contribution >= 4 is 25.5 Å². The lowest BCUT2D eigenvalue weighted by Gasteiger charge is -2.15. The van der Waals surface area contributed by atoms with Gasteiger partial charge < -0.3 is 5.32 Å². The molecule has 0 aliphatic heterocycles. The maximum atomic E-state index is 12.6. The normalized spacial score (nSPS) is 12.0. The van der Waals surface area contributed by atoms with Crippen molar-refractivity contribution in [3.63, 3.8) is 0 Å². The molecule has 3 rings (SSSR count). The summed E-state index contributed by atoms with van der Waals surface area (Å²) in [5.74, 6) is 0.152. The molecule has 3 radical (unpaired) electrons. The fraction of sp³-hybridized carbons (Fsp3) is 0.318. The molecule has 0 heterocycles. The van der Waals surface area contributed by atoms with Gasteiger partial charge >= 0.3 is 0 Å². The van der Waals surface area contributed by atoms with E-state index in [1.54, 1.807) is 0 Å². The molecule has 1 aliphatic rings. The molecular weight excluding hydrogens is 305 g/mol. The lowest BCUT2D eigenvalue weighted by atomic mass is 9.99. The van der Waals surface area contributed by atoms with Gasteiger partial charge in [-0.2, -0.15) is 0 Å². The van der Waals surface area contributed by atoms with E-state index in [0.29, 0.717) is 0 Å². The van der Waals surface area contributed by atoms with Gasteiger partial charge in [-0.3, -0.25) is 4.79 Å². The first-order valence-electron chi connectivity index (χ1n) is 8.90. The van der Waals surface area contributed by atoms with Gasteiger partial charge in [-0.25, -0.2) is 0 Å². The minimum absolute atomic E-state index is 0. The smallest absolute Gasteiger partial charge is 0.185 e. The quantitative estimate of drug-likeness (QED) is 0.762. The maximum Gasteiger partial charge on any atom is 0.185 e. The third kappa shape index (κ3) is 5.93. The van der Waals surface area contributed by atoms with Gasteiger partial charge in [-0.15, -0.1) is 0 Å². The van der Waals surface area contributed by atoms with Crippen molar-refractivity contribution in [3.8, 4) is 0 Å². The predicted octanol–water partition coefficient (Wildman–Crippen LogP) is 5.37. The Kier molecular flexibility index (Phi) is 11.0. The summed E-state index contributed by atoms with van der Waals surface area (Å²) in [6, 6.07) is 17.7. The van der Waals surface area contributed by atoms with Crippen molar-refractivity contribution < 1.29 is 4.79 Å². The number of fused-ring (bicyclic) bond motifs is 1. The Morgan fingerprint density at radius 1 is 0.920 bits per heavy atom. The zero-order valence-electron chi connectivity index (χ0n) is 16.0. The van der Waals surface area contributed by atoms with Crippen LogP contribution in [0, 0.1) is 0 Å². The number of para-hydroxylation sites is 1. The summed E-state index contributed by atoms with van der Waals surface area (Å²) in [4.78, 5) is 12.6. The molecule has 0 fully saturated rings. The number of carbonyl (C=O) groups excluding carboxylic acids is 1. The van der Waals surface area contributed by atoms with Crippen molar-refractivity contribution in [2.45, 2.75) is 47.1 Å². The van der Waals surface area contributed by atoms with Crippen LogP contribution >= 0.6 is 0 Å². The van der Waals surface area contributed by atoms with Crippen LogP contribution in [-0.2, 0) is 11.2 Å². The van der Waals surface area contributed by atoms with E-state index in [0.717, 1.165) is 23.2 Å². The van der Waals surface area contributed by atoms with Crippen molar-refractivity contribution in [3.05, 3.63) is 71.8 Å². The first-order valence-corrected chi connectivity index (χ1v) is 8.90. The third-order valence-electron chi connectivity index (χ3n) is 3.65. The van der Waals surface area contributed by atoms with E-state index in [1.165, 1.54) is 5.56 Å². The molecule has 3 heteroatoms. The predicted molar refractivity (Wildman–Crippen MR) is 111 cm³/mol. The molecular formula is C22H29BNO. The molecule has 1 N–H and O–H groups in total. The van der Waals surface area contributed by atoms with Crippen LogP contribution in [0.1, 0.15) is 45.7 Å². The van der Waals surface area contributed by atoms with E-state index in [4.69, 9.17) is 0 Å². The van der Waals surface area contributed by atoms with Gasteiger partial charge in [0.05, 0.1) is 6.04 Å². The minimum Gasteiger partial charge on any atom is -0.375 e. The Balaban J connectivity index is 0.00000108. The topological polar surface area (TPSA) is 29.1 Å². The summed E-state index contributed by atoms with van der Waals surface area (Å²) in [6.07, 6.45) is 2.89. The molecule has 0 amide bonds. The monoisotopic (exact) mass is 334 g/mol. The van der Waals surface area contributed by atoms with Gasteiger partial charge in [-0.05, 0) is 36.6 Å². The van der Waals surface area contributed by atoms with Crippen LogP contribution in [0.2, 0.25) is 0 Å². The fourth-order valence-corrected chi connectivity index (χ4v) is 2.60. The molecule has 0 aromatic heterocycles. The number of hydrogen-bond acceptors (Lipinski definition) is 2. The first-order chi connectivity index (χ1) is 11.8. The Bertz CT molecular complexity index is 665. The van der Waals surface area contributed by atoms with Crippen LogP contribution in [0.5, 0.6) is 0 Å². The molecule has 2 aromatic rings. The van der Waals surface area contributed by atoms with Crippen LogP contribution in [0.15, 0.2) is 60.7 Å². The summed E-state index contributed by atoms with van der Waals surface area (Å²) in [5.41, 5.74) is 4.14. The molecule has 0 bridgehead atoms. The molecule has 1 unspecified atom stereocenters. The Labute approximate surface area is 154 Å². The van der Waals surface area contributed by atoms with Crippen LogP contribution in [-0.4, -0.2) is 20.2 Å². The maximum absolute atomic E-state index is 12.6. The highest BCUT2D eigenvalue weighted by atomic mass is 16.1. The molecule has 0 saturated heterocycles. The highest BCUT2D eigenvalue weighted by Crippen LogP contribution is 2.29. The highest BCUT2D eigenvalue weighted by molar-refractivity contribution is 6.25. The van der Waals surface area contributed by atoms with Crippen molar-refractivity contribution in [2.75, 3.05) is 5.32 Å². The zero-order valence-corrected chi connectivity index (χ0v) is 16.0. The van der Waals surface area contributed by atoms with Crippen LogP contribution in [0.25, 0.3) is 5.57 Å². The van der Waals surface area contributed by atoms with Gasteiger partial charge in [0, 0.05) is 19.7 Å². The number of Topliss-reactive ketones (excluding diaryl/α,β-unsaturated/α-hetero) is 1. The van der Waals surface area contributed by atoms with Gasteiger partial charge in [0.1, 0.15) is 0 Å². The first kappa shape index (κ1) is 22.7. The summed E-state index contributed by atoms with van der Waals surface area (Å²) >= 11 is 0. The van der Waals surface area contributed by atoms with Gasteiger partial charge in [0.2, 0.25) is 0 Å². The number of allylic oxidation sites excluding steroid dienone is 1. The van der Waals surface area contributed by atoms with Crippen molar-refractivity contribution in [1.29, 1.82) is 0 Å².